The lowest BCUT2D eigenvalue weighted by molar-refractivity contribution is -0.153. The van der Waals surface area contributed by atoms with Crippen molar-refractivity contribution in [2.45, 2.75) is 45.4 Å². The van der Waals surface area contributed by atoms with Crippen molar-refractivity contribution in [1.29, 1.82) is 0 Å². The molecule has 0 bridgehead atoms. The monoisotopic (exact) mass is 366 g/mol. The number of benzene rings is 1. The summed E-state index contributed by atoms with van der Waals surface area (Å²) in [5.74, 6) is -1.86. The van der Waals surface area contributed by atoms with E-state index in [2.05, 4.69) is 5.32 Å². The van der Waals surface area contributed by atoms with Gasteiger partial charge in [0.15, 0.2) is 6.10 Å². The molecule has 0 aliphatic heterocycles. The second-order valence-corrected chi connectivity index (χ2v) is 6.02. The van der Waals surface area contributed by atoms with Crippen molar-refractivity contribution in [3.63, 3.8) is 0 Å². The van der Waals surface area contributed by atoms with E-state index in [1.807, 2.05) is 0 Å². The molecule has 8 heteroatoms. The molecular weight excluding hydrogens is 340 g/mol. The summed E-state index contributed by atoms with van der Waals surface area (Å²) in [6, 6.07) is 7.12. The fourth-order valence-corrected chi connectivity index (χ4v) is 2.37. The fourth-order valence-electron chi connectivity index (χ4n) is 2.37. The molecule has 0 aliphatic carbocycles. The van der Waals surface area contributed by atoms with E-state index in [1.54, 1.807) is 51.1 Å². The number of aliphatic hydroxyl groups excluding tert-OH is 1. The lowest BCUT2D eigenvalue weighted by atomic mass is 10.0. The second kappa shape index (κ2) is 10.4. The van der Waals surface area contributed by atoms with Crippen LogP contribution in [0.4, 0.5) is 4.79 Å². The lowest BCUT2D eigenvalue weighted by Gasteiger charge is -2.30. The first-order valence-corrected chi connectivity index (χ1v) is 8.44. The van der Waals surface area contributed by atoms with Gasteiger partial charge in [-0.15, -0.1) is 0 Å². The van der Waals surface area contributed by atoms with Gasteiger partial charge < -0.3 is 25.2 Å². The number of ether oxygens (including phenoxy) is 1. The molecule has 1 aromatic carbocycles. The Labute approximate surface area is 152 Å². The second-order valence-electron chi connectivity index (χ2n) is 6.02. The molecule has 1 aromatic rings. The first kappa shape index (κ1) is 21.4. The van der Waals surface area contributed by atoms with Crippen LogP contribution in [0, 0.1) is 0 Å². The lowest BCUT2D eigenvalue weighted by Crippen LogP contribution is -2.50. The van der Waals surface area contributed by atoms with E-state index in [0.29, 0.717) is 5.56 Å². The number of carbonyl (C=O) groups excluding carboxylic acids is 2. The number of carbonyl (C=O) groups is 3. The maximum atomic E-state index is 12.6. The van der Waals surface area contributed by atoms with Gasteiger partial charge >= 0.3 is 18.0 Å². The number of aliphatic hydroxyl groups is 1. The number of nitrogens with one attached hydrogen (secondary N) is 1. The van der Waals surface area contributed by atoms with E-state index in [0.717, 1.165) is 0 Å². The Kier molecular flexibility index (Phi) is 8.57. The van der Waals surface area contributed by atoms with Crippen LogP contribution in [0.15, 0.2) is 30.3 Å². The molecule has 0 heterocycles. The van der Waals surface area contributed by atoms with E-state index in [-0.39, 0.29) is 25.6 Å². The molecule has 0 spiro atoms. The zero-order valence-electron chi connectivity index (χ0n) is 15.2. The standard InChI is InChI=1S/C18H26N2O6/c1-4-26-17(24)15(21)11-20(12(2)3)18(25)19-14(10-16(22)23)13-8-6-5-7-9-13/h5-9,12,14-15,21H,4,10-11H2,1-3H3,(H,19,25)(H,22,23). The Balaban J connectivity index is 2.89. The van der Waals surface area contributed by atoms with Crippen molar-refractivity contribution >= 4 is 18.0 Å². The van der Waals surface area contributed by atoms with E-state index >= 15 is 0 Å². The third-order valence-electron chi connectivity index (χ3n) is 3.69. The SMILES string of the molecule is CCOC(=O)C(O)CN(C(=O)NC(CC(=O)O)c1ccccc1)C(C)C. The van der Waals surface area contributed by atoms with Gasteiger partial charge in [0, 0.05) is 6.04 Å². The molecule has 1 rings (SSSR count). The van der Waals surface area contributed by atoms with Crippen LogP contribution in [-0.2, 0) is 14.3 Å². The Bertz CT molecular complexity index is 605. The van der Waals surface area contributed by atoms with Crippen LogP contribution < -0.4 is 5.32 Å². The molecule has 2 atom stereocenters. The molecule has 144 valence electrons. The van der Waals surface area contributed by atoms with E-state index in [1.165, 1.54) is 4.90 Å². The normalized spacial score (nSPS) is 13.0. The first-order chi connectivity index (χ1) is 12.3. The minimum Gasteiger partial charge on any atom is -0.481 e. The van der Waals surface area contributed by atoms with Gasteiger partial charge in [0.25, 0.3) is 0 Å². The number of esters is 1. The van der Waals surface area contributed by atoms with Crippen molar-refractivity contribution in [1.82, 2.24) is 10.2 Å². The minimum atomic E-state index is -1.47. The summed E-state index contributed by atoms with van der Waals surface area (Å²) in [5.41, 5.74) is 0.651. The number of urea groups is 1. The van der Waals surface area contributed by atoms with Gasteiger partial charge in [0.05, 0.1) is 25.6 Å². The number of carboxylic acid groups (broad SMARTS) is 1. The van der Waals surface area contributed by atoms with Crippen LogP contribution in [0.3, 0.4) is 0 Å². The summed E-state index contributed by atoms with van der Waals surface area (Å²) in [5, 5.41) is 21.7. The number of carboxylic acids is 1. The van der Waals surface area contributed by atoms with Gasteiger partial charge in [-0.25, -0.2) is 9.59 Å². The van der Waals surface area contributed by atoms with Crippen LogP contribution in [0.1, 0.15) is 38.8 Å². The Hall–Kier alpha value is -2.61. The van der Waals surface area contributed by atoms with Crippen LogP contribution in [0.5, 0.6) is 0 Å². The molecule has 3 N–H and O–H groups in total. The number of nitrogens with zero attached hydrogens (tertiary/aromatic N) is 1. The largest absolute Gasteiger partial charge is 0.481 e. The van der Waals surface area contributed by atoms with Crippen LogP contribution >= 0.6 is 0 Å². The predicted octanol–water partition coefficient (Wildman–Crippen LogP) is 1.55. The van der Waals surface area contributed by atoms with Crippen LogP contribution in [0.2, 0.25) is 0 Å². The highest BCUT2D eigenvalue weighted by Gasteiger charge is 2.27. The van der Waals surface area contributed by atoms with Gasteiger partial charge in [-0.3, -0.25) is 4.79 Å². The van der Waals surface area contributed by atoms with Crippen LogP contribution in [-0.4, -0.2) is 58.4 Å². The number of aliphatic carboxylic acids is 1. The van der Waals surface area contributed by atoms with Crippen molar-refractivity contribution in [2.24, 2.45) is 0 Å². The van der Waals surface area contributed by atoms with Crippen molar-refractivity contribution in [3.05, 3.63) is 35.9 Å². The predicted molar refractivity (Wildman–Crippen MR) is 94.4 cm³/mol. The fraction of sp³-hybridized carbons (Fsp3) is 0.500. The molecule has 0 saturated heterocycles. The molecule has 0 aromatic heterocycles. The molecule has 0 saturated carbocycles. The number of rotatable bonds is 9. The number of amides is 2. The Morgan fingerprint density at radius 3 is 2.31 bits per heavy atom. The molecule has 0 radical (unpaired) electrons. The van der Waals surface area contributed by atoms with Gasteiger partial charge in [-0.1, -0.05) is 30.3 Å². The molecule has 2 amide bonds. The third kappa shape index (κ3) is 6.72. The van der Waals surface area contributed by atoms with Gasteiger partial charge in [-0.05, 0) is 26.3 Å². The molecular formula is C18H26N2O6. The molecule has 26 heavy (non-hydrogen) atoms. The number of hydrogen-bond acceptors (Lipinski definition) is 5. The van der Waals surface area contributed by atoms with Crippen molar-refractivity contribution in [3.8, 4) is 0 Å². The van der Waals surface area contributed by atoms with Gasteiger partial charge in [-0.2, -0.15) is 0 Å². The summed E-state index contributed by atoms with van der Waals surface area (Å²) in [7, 11) is 0. The third-order valence-corrected chi connectivity index (χ3v) is 3.69. The average Bonchev–Trinajstić information content (AvgIpc) is 2.59. The highest BCUT2D eigenvalue weighted by molar-refractivity contribution is 5.79. The zero-order valence-corrected chi connectivity index (χ0v) is 15.2. The Morgan fingerprint density at radius 1 is 1.19 bits per heavy atom. The summed E-state index contributed by atoms with van der Waals surface area (Å²) in [4.78, 5) is 36.6. The molecule has 0 aliphatic rings. The smallest absolute Gasteiger partial charge is 0.336 e. The first-order valence-electron chi connectivity index (χ1n) is 8.44. The van der Waals surface area contributed by atoms with E-state index in [9.17, 15) is 19.5 Å². The minimum absolute atomic E-state index is 0.123. The summed E-state index contributed by atoms with van der Waals surface area (Å²) in [6.07, 6.45) is -1.76. The van der Waals surface area contributed by atoms with Crippen molar-refractivity contribution in [2.75, 3.05) is 13.2 Å². The molecule has 2 unspecified atom stereocenters. The summed E-state index contributed by atoms with van der Waals surface area (Å²) < 4.78 is 4.74. The van der Waals surface area contributed by atoms with Crippen molar-refractivity contribution < 1.29 is 29.3 Å². The van der Waals surface area contributed by atoms with Gasteiger partial charge in [0.2, 0.25) is 0 Å². The highest BCUT2D eigenvalue weighted by Crippen LogP contribution is 2.17. The zero-order chi connectivity index (χ0) is 19.7. The summed E-state index contributed by atoms with van der Waals surface area (Å²) >= 11 is 0. The van der Waals surface area contributed by atoms with Crippen LogP contribution in [0.25, 0.3) is 0 Å². The van der Waals surface area contributed by atoms with E-state index < -0.39 is 30.1 Å². The maximum Gasteiger partial charge on any atom is 0.336 e. The Morgan fingerprint density at radius 2 is 1.81 bits per heavy atom. The average molecular weight is 366 g/mol. The van der Waals surface area contributed by atoms with E-state index in [4.69, 9.17) is 9.84 Å². The molecule has 8 nitrogen and oxygen atoms in total. The quantitative estimate of drug-likeness (QED) is 0.571. The topological polar surface area (TPSA) is 116 Å². The highest BCUT2D eigenvalue weighted by atomic mass is 16.5. The maximum absolute atomic E-state index is 12.6. The number of hydrogen-bond donors (Lipinski definition) is 3. The summed E-state index contributed by atoms with van der Waals surface area (Å²) in [6.45, 7) is 4.95. The molecule has 0 fully saturated rings. The van der Waals surface area contributed by atoms with Gasteiger partial charge in [0.1, 0.15) is 0 Å².